The van der Waals surface area contributed by atoms with E-state index in [0.717, 1.165) is 61.8 Å². The lowest BCUT2D eigenvalue weighted by Gasteiger charge is -2.36. The van der Waals surface area contributed by atoms with E-state index in [2.05, 4.69) is 50.1 Å². The van der Waals surface area contributed by atoms with Crippen LogP contribution in [-0.2, 0) is 4.74 Å². The average Bonchev–Trinajstić information content (AvgIpc) is 3.26. The summed E-state index contributed by atoms with van der Waals surface area (Å²) in [5.41, 5.74) is 4.33. The van der Waals surface area contributed by atoms with Gasteiger partial charge in [-0.1, -0.05) is 18.2 Å². The molecule has 1 aliphatic carbocycles. The molecule has 0 bridgehead atoms. The number of benzene rings is 1. The second kappa shape index (κ2) is 8.98. The van der Waals surface area contributed by atoms with Crippen LogP contribution in [0.1, 0.15) is 19.3 Å². The summed E-state index contributed by atoms with van der Waals surface area (Å²) in [6, 6.07) is 10.4. The fraction of sp³-hybridized carbons (Fsp3) is 0.417. The van der Waals surface area contributed by atoms with E-state index in [-0.39, 0.29) is 0 Å². The molecule has 5 rings (SSSR count). The predicted octanol–water partition coefficient (Wildman–Crippen LogP) is 3.87. The third-order valence-corrected chi connectivity index (χ3v) is 6.09. The van der Waals surface area contributed by atoms with Crippen molar-refractivity contribution in [2.24, 2.45) is 0 Å². The number of H-pyrrole nitrogens is 1. The number of rotatable bonds is 6. The largest absolute Gasteiger partial charge is 0.373 e. The highest BCUT2D eigenvalue weighted by Gasteiger charge is 2.20. The number of anilines is 1. The van der Waals surface area contributed by atoms with E-state index in [1.54, 1.807) is 6.20 Å². The molecular formula is C24H29N5O. The van der Waals surface area contributed by atoms with Gasteiger partial charge in [-0.15, -0.1) is 0 Å². The normalized spacial score (nSPS) is 20.1. The van der Waals surface area contributed by atoms with Crippen LogP contribution in [0.5, 0.6) is 0 Å². The number of ether oxygens (including phenoxy) is 1. The summed E-state index contributed by atoms with van der Waals surface area (Å²) in [4.78, 5) is 17.5. The molecule has 30 heavy (non-hydrogen) atoms. The first-order chi connectivity index (χ1) is 14.9. The fourth-order valence-electron chi connectivity index (χ4n) is 4.38. The second-order valence-corrected chi connectivity index (χ2v) is 8.10. The van der Waals surface area contributed by atoms with Gasteiger partial charge in [0.25, 0.3) is 0 Å². The van der Waals surface area contributed by atoms with Gasteiger partial charge in [-0.05, 0) is 43.5 Å². The minimum absolute atomic E-state index is 0.325. The lowest BCUT2D eigenvalue weighted by molar-refractivity contribution is 0.0554. The number of aromatic nitrogens is 3. The van der Waals surface area contributed by atoms with Crippen molar-refractivity contribution < 1.29 is 4.74 Å². The molecule has 2 aliphatic rings. The number of imidazole rings is 1. The molecule has 3 heterocycles. The molecule has 0 saturated carbocycles. The summed E-state index contributed by atoms with van der Waals surface area (Å²) < 4.78 is 6.04. The summed E-state index contributed by atoms with van der Waals surface area (Å²) >= 11 is 0. The van der Waals surface area contributed by atoms with Gasteiger partial charge in [0.05, 0.1) is 23.9 Å². The van der Waals surface area contributed by atoms with Crippen LogP contribution < -0.4 is 4.90 Å². The Morgan fingerprint density at radius 1 is 1.10 bits per heavy atom. The predicted molar refractivity (Wildman–Crippen MR) is 121 cm³/mol. The lowest BCUT2D eigenvalue weighted by Crippen LogP contribution is -2.47. The number of piperazine rings is 1. The maximum absolute atomic E-state index is 6.04. The van der Waals surface area contributed by atoms with Crippen molar-refractivity contribution in [1.29, 1.82) is 0 Å². The minimum Gasteiger partial charge on any atom is -0.373 e. The zero-order valence-corrected chi connectivity index (χ0v) is 17.3. The first-order valence-corrected chi connectivity index (χ1v) is 11.0. The van der Waals surface area contributed by atoms with Crippen LogP contribution >= 0.6 is 0 Å². The van der Waals surface area contributed by atoms with E-state index in [0.29, 0.717) is 6.10 Å². The summed E-state index contributed by atoms with van der Waals surface area (Å²) in [7, 11) is 0. The molecule has 0 amide bonds. The standard InChI is InChI=1S/C24H29N5O/c1-2-7-20(8-3-1)30-17-16-28-12-14-29(15-13-28)22-10-4-9-21-23(22)27-24(26-21)19-6-5-11-25-18-19/h2,4-7,9-11,18,20H,1,3,8,12-17H2,(H,26,27). The van der Waals surface area contributed by atoms with Crippen LogP contribution in [0.2, 0.25) is 0 Å². The maximum Gasteiger partial charge on any atom is 0.140 e. The van der Waals surface area contributed by atoms with Crippen molar-refractivity contribution in [3.8, 4) is 11.4 Å². The summed E-state index contributed by atoms with van der Waals surface area (Å²) in [5.74, 6) is 0.873. The number of pyridine rings is 1. The van der Waals surface area contributed by atoms with Crippen LogP contribution in [0, 0.1) is 0 Å². The SMILES string of the molecule is C1=CC(OCCN2CCN(c3cccc4[nH]c(-c5cccnc5)nc34)CC2)CCC1. The average molecular weight is 404 g/mol. The van der Waals surface area contributed by atoms with Crippen molar-refractivity contribution in [3.63, 3.8) is 0 Å². The van der Waals surface area contributed by atoms with E-state index < -0.39 is 0 Å². The molecule has 1 unspecified atom stereocenters. The number of fused-ring (bicyclic) bond motifs is 1. The number of nitrogens with one attached hydrogen (secondary N) is 1. The topological polar surface area (TPSA) is 57.3 Å². The molecule has 1 fully saturated rings. The minimum atomic E-state index is 0.325. The Bertz CT molecular complexity index is 991. The van der Waals surface area contributed by atoms with E-state index in [4.69, 9.17) is 9.72 Å². The molecule has 6 heteroatoms. The van der Waals surface area contributed by atoms with Crippen molar-refractivity contribution in [1.82, 2.24) is 19.9 Å². The molecule has 3 aromatic rings. The van der Waals surface area contributed by atoms with Crippen molar-refractivity contribution in [2.75, 3.05) is 44.2 Å². The maximum atomic E-state index is 6.04. The van der Waals surface area contributed by atoms with Crippen LogP contribution in [-0.4, -0.2) is 65.3 Å². The van der Waals surface area contributed by atoms with Crippen LogP contribution in [0.25, 0.3) is 22.4 Å². The monoisotopic (exact) mass is 403 g/mol. The molecule has 1 aromatic carbocycles. The number of para-hydroxylation sites is 1. The van der Waals surface area contributed by atoms with Crippen molar-refractivity contribution in [2.45, 2.75) is 25.4 Å². The molecule has 2 aromatic heterocycles. The zero-order valence-electron chi connectivity index (χ0n) is 17.3. The van der Waals surface area contributed by atoms with Gasteiger partial charge in [-0.3, -0.25) is 9.88 Å². The molecule has 1 aliphatic heterocycles. The highest BCUT2D eigenvalue weighted by molar-refractivity contribution is 5.91. The third kappa shape index (κ3) is 4.25. The van der Waals surface area contributed by atoms with Gasteiger partial charge in [0.15, 0.2) is 0 Å². The second-order valence-electron chi connectivity index (χ2n) is 8.10. The Morgan fingerprint density at radius 3 is 2.83 bits per heavy atom. The number of hydrogen-bond acceptors (Lipinski definition) is 5. The highest BCUT2D eigenvalue weighted by atomic mass is 16.5. The van der Waals surface area contributed by atoms with E-state index in [9.17, 15) is 0 Å². The first-order valence-electron chi connectivity index (χ1n) is 11.0. The Kier molecular flexibility index (Phi) is 5.77. The van der Waals surface area contributed by atoms with Gasteiger partial charge in [-0.2, -0.15) is 0 Å². The van der Waals surface area contributed by atoms with Gasteiger partial charge in [0, 0.05) is 50.7 Å². The molecule has 156 valence electrons. The summed E-state index contributed by atoms with van der Waals surface area (Å²) in [6.07, 6.45) is 12.1. The quantitative estimate of drug-likeness (QED) is 0.633. The number of allylic oxidation sites excluding steroid dienone is 1. The van der Waals surface area contributed by atoms with Gasteiger partial charge in [0.2, 0.25) is 0 Å². The summed E-state index contributed by atoms with van der Waals surface area (Å²) in [5, 5.41) is 0. The Labute approximate surface area is 177 Å². The van der Waals surface area contributed by atoms with Crippen molar-refractivity contribution >= 4 is 16.7 Å². The van der Waals surface area contributed by atoms with Gasteiger partial charge >= 0.3 is 0 Å². The molecule has 1 N–H and O–H groups in total. The van der Waals surface area contributed by atoms with Gasteiger partial charge in [0.1, 0.15) is 11.3 Å². The highest BCUT2D eigenvalue weighted by Crippen LogP contribution is 2.28. The van der Waals surface area contributed by atoms with Crippen LogP contribution in [0.4, 0.5) is 5.69 Å². The van der Waals surface area contributed by atoms with Gasteiger partial charge < -0.3 is 14.6 Å². The number of aromatic amines is 1. The van der Waals surface area contributed by atoms with Crippen LogP contribution in [0.15, 0.2) is 54.9 Å². The molecule has 1 saturated heterocycles. The molecule has 1 atom stereocenters. The fourth-order valence-corrected chi connectivity index (χ4v) is 4.38. The molecule has 0 radical (unpaired) electrons. The van der Waals surface area contributed by atoms with Gasteiger partial charge in [-0.25, -0.2) is 4.98 Å². The molecular weight excluding hydrogens is 374 g/mol. The molecule has 0 spiro atoms. The first kappa shape index (κ1) is 19.3. The van der Waals surface area contributed by atoms with Crippen LogP contribution in [0.3, 0.4) is 0 Å². The van der Waals surface area contributed by atoms with E-state index in [1.165, 1.54) is 24.9 Å². The third-order valence-electron chi connectivity index (χ3n) is 6.09. The Hall–Kier alpha value is -2.70. The van der Waals surface area contributed by atoms with Crippen molar-refractivity contribution in [3.05, 3.63) is 54.9 Å². The Balaban J connectivity index is 1.21. The van der Waals surface area contributed by atoms with E-state index >= 15 is 0 Å². The van der Waals surface area contributed by atoms with E-state index in [1.807, 2.05) is 18.3 Å². The molecule has 6 nitrogen and oxygen atoms in total. The number of hydrogen-bond donors (Lipinski definition) is 1. The summed E-state index contributed by atoms with van der Waals surface area (Å²) in [6.45, 7) is 5.96. The Morgan fingerprint density at radius 2 is 2.03 bits per heavy atom. The smallest absolute Gasteiger partial charge is 0.140 e. The number of nitrogens with zero attached hydrogens (tertiary/aromatic N) is 4. The zero-order chi connectivity index (χ0) is 20.2. The lowest BCUT2D eigenvalue weighted by atomic mass is 10.1.